The molecule has 0 aromatic heterocycles. The Bertz CT molecular complexity index is 509. The second-order valence-electron chi connectivity index (χ2n) is 4.84. The summed E-state index contributed by atoms with van der Waals surface area (Å²) >= 11 is 0. The van der Waals surface area contributed by atoms with E-state index in [4.69, 9.17) is 5.11 Å². The Labute approximate surface area is 115 Å². The van der Waals surface area contributed by atoms with Crippen molar-refractivity contribution >= 4 is 11.4 Å². The van der Waals surface area contributed by atoms with Crippen LogP contribution in [-0.4, -0.2) is 29.2 Å². The Balaban J connectivity index is 2.48. The average Bonchev–Trinajstić information content (AvgIpc) is 2.42. The molecular formula is C13H16F2N2O3. The Hall–Kier alpha value is -1.76. The van der Waals surface area contributed by atoms with Crippen molar-refractivity contribution in [1.82, 2.24) is 0 Å². The van der Waals surface area contributed by atoms with Crippen LogP contribution in [0.3, 0.4) is 0 Å². The maximum Gasteiger partial charge on any atom is 0.295 e. The van der Waals surface area contributed by atoms with Crippen molar-refractivity contribution in [2.45, 2.75) is 31.7 Å². The Morgan fingerprint density at radius 3 is 2.80 bits per heavy atom. The quantitative estimate of drug-likeness (QED) is 0.682. The van der Waals surface area contributed by atoms with Crippen LogP contribution in [0.2, 0.25) is 0 Å². The van der Waals surface area contributed by atoms with E-state index in [-0.39, 0.29) is 18.3 Å². The van der Waals surface area contributed by atoms with Gasteiger partial charge in [-0.3, -0.25) is 10.1 Å². The lowest BCUT2D eigenvalue weighted by Gasteiger charge is -2.37. The lowest BCUT2D eigenvalue weighted by molar-refractivity contribution is -0.384. The molecule has 1 unspecified atom stereocenters. The fraction of sp³-hybridized carbons (Fsp3) is 0.538. The molecule has 0 aliphatic carbocycles. The van der Waals surface area contributed by atoms with E-state index in [1.807, 2.05) is 0 Å². The summed E-state index contributed by atoms with van der Waals surface area (Å²) in [4.78, 5) is 11.9. The second kappa shape index (κ2) is 6.13. The van der Waals surface area contributed by atoms with Gasteiger partial charge in [0.25, 0.3) is 5.69 Å². The third-order valence-corrected chi connectivity index (χ3v) is 3.62. The molecule has 1 heterocycles. The highest BCUT2D eigenvalue weighted by Crippen LogP contribution is 2.37. The number of piperidine rings is 1. The molecule has 2 rings (SSSR count). The average molecular weight is 286 g/mol. The number of rotatable bonds is 4. The number of benzene rings is 1. The number of anilines is 1. The second-order valence-corrected chi connectivity index (χ2v) is 4.84. The summed E-state index contributed by atoms with van der Waals surface area (Å²) < 4.78 is 27.5. The largest absolute Gasteiger partial charge is 0.396 e. The van der Waals surface area contributed by atoms with E-state index < -0.39 is 22.2 Å². The highest BCUT2D eigenvalue weighted by molar-refractivity contribution is 5.65. The molecule has 0 radical (unpaired) electrons. The molecule has 0 saturated carbocycles. The van der Waals surface area contributed by atoms with Gasteiger partial charge in [-0.15, -0.1) is 0 Å². The summed E-state index contributed by atoms with van der Waals surface area (Å²) in [6, 6.07) is 1.55. The van der Waals surface area contributed by atoms with Crippen molar-refractivity contribution in [1.29, 1.82) is 0 Å². The van der Waals surface area contributed by atoms with E-state index in [1.54, 1.807) is 0 Å². The van der Waals surface area contributed by atoms with Gasteiger partial charge < -0.3 is 10.0 Å². The van der Waals surface area contributed by atoms with Crippen LogP contribution in [0.5, 0.6) is 0 Å². The van der Waals surface area contributed by atoms with Crippen LogP contribution < -0.4 is 4.90 Å². The molecule has 1 atom stereocenters. The van der Waals surface area contributed by atoms with Gasteiger partial charge in [-0.25, -0.2) is 8.78 Å². The van der Waals surface area contributed by atoms with Gasteiger partial charge >= 0.3 is 0 Å². The van der Waals surface area contributed by atoms with Gasteiger partial charge in [0.15, 0.2) is 17.3 Å². The first-order chi connectivity index (χ1) is 9.56. The normalized spacial score (nSPS) is 19.1. The fourth-order valence-electron chi connectivity index (χ4n) is 2.69. The zero-order valence-corrected chi connectivity index (χ0v) is 10.9. The predicted octanol–water partition coefficient (Wildman–Crippen LogP) is 2.61. The summed E-state index contributed by atoms with van der Waals surface area (Å²) in [6.45, 7) is 0.331. The fourth-order valence-corrected chi connectivity index (χ4v) is 2.69. The SMILES string of the molecule is O=[N+]([O-])c1ccc(F)c(F)c1N1CCCCC1CCO. The molecule has 5 nitrogen and oxygen atoms in total. The van der Waals surface area contributed by atoms with E-state index in [9.17, 15) is 18.9 Å². The monoisotopic (exact) mass is 286 g/mol. The maximum absolute atomic E-state index is 14.0. The number of nitrogens with zero attached hydrogens (tertiary/aromatic N) is 2. The van der Waals surface area contributed by atoms with Crippen LogP contribution >= 0.6 is 0 Å². The first-order valence-electron chi connectivity index (χ1n) is 6.56. The summed E-state index contributed by atoms with van der Waals surface area (Å²) in [5, 5.41) is 20.1. The summed E-state index contributed by atoms with van der Waals surface area (Å²) in [5.74, 6) is -2.29. The van der Waals surface area contributed by atoms with E-state index in [0.29, 0.717) is 19.4 Å². The standard InChI is InChI=1S/C13H16F2N2O3/c14-10-4-5-11(17(19)20)13(12(10)15)16-7-2-1-3-9(16)6-8-18/h4-5,9,18H,1-3,6-8H2. The van der Waals surface area contributed by atoms with E-state index >= 15 is 0 Å². The van der Waals surface area contributed by atoms with Crippen molar-refractivity contribution in [3.63, 3.8) is 0 Å². The highest BCUT2D eigenvalue weighted by atomic mass is 19.2. The van der Waals surface area contributed by atoms with Gasteiger partial charge in [-0.1, -0.05) is 0 Å². The van der Waals surface area contributed by atoms with Crippen molar-refractivity contribution < 1.29 is 18.8 Å². The molecule has 1 fully saturated rings. The zero-order valence-electron chi connectivity index (χ0n) is 10.9. The first-order valence-corrected chi connectivity index (χ1v) is 6.56. The molecule has 1 aromatic carbocycles. The molecule has 1 aromatic rings. The number of hydrogen-bond donors (Lipinski definition) is 1. The van der Waals surface area contributed by atoms with Crippen LogP contribution in [0, 0.1) is 21.7 Å². The number of aliphatic hydroxyl groups excluding tert-OH is 1. The molecule has 1 aliphatic heterocycles. The molecule has 1 N–H and O–H groups in total. The molecule has 1 aliphatic rings. The van der Waals surface area contributed by atoms with Gasteiger partial charge in [0.1, 0.15) is 0 Å². The first kappa shape index (κ1) is 14.6. The zero-order chi connectivity index (χ0) is 14.7. The van der Waals surface area contributed by atoms with E-state index in [1.165, 1.54) is 4.90 Å². The van der Waals surface area contributed by atoms with Crippen molar-refractivity contribution in [2.24, 2.45) is 0 Å². The molecular weight excluding hydrogens is 270 g/mol. The van der Waals surface area contributed by atoms with Crippen molar-refractivity contribution in [3.8, 4) is 0 Å². The lowest BCUT2D eigenvalue weighted by Crippen LogP contribution is -2.41. The van der Waals surface area contributed by atoms with Crippen molar-refractivity contribution in [2.75, 3.05) is 18.1 Å². The molecule has 7 heteroatoms. The molecule has 1 saturated heterocycles. The number of aliphatic hydroxyl groups is 1. The Morgan fingerprint density at radius 2 is 2.15 bits per heavy atom. The van der Waals surface area contributed by atoms with Crippen LogP contribution in [0.25, 0.3) is 0 Å². The minimum atomic E-state index is -1.19. The molecule has 0 amide bonds. The lowest BCUT2D eigenvalue weighted by atomic mass is 9.98. The molecule has 0 spiro atoms. The van der Waals surface area contributed by atoms with E-state index in [2.05, 4.69) is 0 Å². The third-order valence-electron chi connectivity index (χ3n) is 3.62. The molecule has 0 bridgehead atoms. The van der Waals surface area contributed by atoms with Crippen LogP contribution in [0.4, 0.5) is 20.2 Å². The number of hydrogen-bond acceptors (Lipinski definition) is 4. The van der Waals surface area contributed by atoms with E-state index in [0.717, 1.165) is 25.0 Å². The van der Waals surface area contributed by atoms with Gasteiger partial charge in [0, 0.05) is 25.3 Å². The molecule has 110 valence electrons. The van der Waals surface area contributed by atoms with Gasteiger partial charge in [-0.2, -0.15) is 0 Å². The van der Waals surface area contributed by atoms with Crippen LogP contribution in [0.1, 0.15) is 25.7 Å². The summed E-state index contributed by atoms with van der Waals surface area (Å²) in [5.41, 5.74) is -0.734. The topological polar surface area (TPSA) is 66.6 Å². The van der Waals surface area contributed by atoms with Gasteiger partial charge in [0.05, 0.1) is 4.92 Å². The molecule has 20 heavy (non-hydrogen) atoms. The maximum atomic E-state index is 14.0. The Morgan fingerprint density at radius 1 is 1.40 bits per heavy atom. The third kappa shape index (κ3) is 2.72. The van der Waals surface area contributed by atoms with Gasteiger partial charge in [-0.05, 0) is 31.7 Å². The minimum Gasteiger partial charge on any atom is -0.396 e. The Kier molecular flexibility index (Phi) is 4.49. The number of nitro benzene ring substituents is 1. The predicted molar refractivity (Wildman–Crippen MR) is 69.7 cm³/mol. The van der Waals surface area contributed by atoms with Gasteiger partial charge in [0.2, 0.25) is 0 Å². The van der Waals surface area contributed by atoms with Crippen molar-refractivity contribution in [3.05, 3.63) is 33.9 Å². The van der Waals surface area contributed by atoms with Crippen LogP contribution in [-0.2, 0) is 0 Å². The summed E-state index contributed by atoms with van der Waals surface area (Å²) in [6.07, 6.45) is 2.75. The highest BCUT2D eigenvalue weighted by Gasteiger charge is 2.32. The smallest absolute Gasteiger partial charge is 0.295 e. The summed E-state index contributed by atoms with van der Waals surface area (Å²) in [7, 11) is 0. The minimum absolute atomic E-state index is 0.0914. The van der Waals surface area contributed by atoms with Crippen LogP contribution in [0.15, 0.2) is 12.1 Å². The number of nitro groups is 1. The number of halogens is 2.